The fraction of sp³-hybridized carbons (Fsp3) is 0.225. The molecule has 1 aromatic heterocycles. The van der Waals surface area contributed by atoms with Crippen LogP contribution in [0.1, 0.15) is 35.6 Å². The van der Waals surface area contributed by atoms with Crippen molar-refractivity contribution in [3.05, 3.63) is 142 Å². The molecule has 0 unspecified atom stereocenters. The van der Waals surface area contributed by atoms with Crippen molar-refractivity contribution in [2.45, 2.75) is 38.5 Å². The first kappa shape index (κ1) is 34.8. The fourth-order valence-corrected chi connectivity index (χ4v) is 6.83. The number of hydrogen-bond donors (Lipinski definition) is 4. The zero-order valence-electron chi connectivity index (χ0n) is 27.7. The van der Waals surface area contributed by atoms with Crippen molar-refractivity contribution >= 4 is 55.9 Å². The first-order chi connectivity index (χ1) is 24.2. The highest BCUT2D eigenvalue weighted by Crippen LogP contribution is 2.46. The van der Waals surface area contributed by atoms with Gasteiger partial charge in [-0.2, -0.15) is 0 Å². The van der Waals surface area contributed by atoms with Crippen LogP contribution >= 0.6 is 15.9 Å². The Balaban J connectivity index is 1.12. The first-order valence-corrected chi connectivity index (χ1v) is 17.3. The maximum Gasteiger partial charge on any atom is 0.264 e. The van der Waals surface area contributed by atoms with E-state index in [1.807, 2.05) is 85.1 Å². The number of benzene rings is 4. The maximum atomic E-state index is 14.1. The number of amides is 3. The quantitative estimate of drug-likeness (QED) is 0.104. The van der Waals surface area contributed by atoms with E-state index in [-0.39, 0.29) is 44.4 Å². The lowest BCUT2D eigenvalue weighted by Crippen LogP contribution is -2.44. The molecule has 1 aliphatic rings. The monoisotopic (exact) mass is 734 g/mol. The van der Waals surface area contributed by atoms with Gasteiger partial charge in [-0.05, 0) is 53.1 Å². The summed E-state index contributed by atoms with van der Waals surface area (Å²) in [4.78, 5) is 46.3. The standard InChI is InChI=1S/C40H39BrN4O5/c1-27(8-7-13-38(48)44(20-21-46)25-28-9-3-2-4-10-28)40(50)34-23-31(41)16-19-36(34)45(39(40)49)26-29-14-17-32(18-15-29)43-37(47)22-30-24-42-35-12-6-5-11-33(30)35/h2-12,14-19,23-24,27,42,46,50H,13,20-22,25-26H2,1H3,(H,43,47)/b8-7+/t27-,40+/m0/s1. The molecule has 0 aliphatic carbocycles. The van der Waals surface area contributed by atoms with Gasteiger partial charge in [0.1, 0.15) is 0 Å². The molecule has 0 radical (unpaired) electrons. The molecule has 4 aromatic carbocycles. The smallest absolute Gasteiger partial charge is 0.264 e. The van der Waals surface area contributed by atoms with E-state index in [4.69, 9.17) is 0 Å². The fourth-order valence-electron chi connectivity index (χ4n) is 6.47. The van der Waals surface area contributed by atoms with Crippen molar-refractivity contribution in [3.8, 4) is 0 Å². The Hall–Kier alpha value is -5.03. The second kappa shape index (κ2) is 15.2. The highest BCUT2D eigenvalue weighted by Gasteiger charge is 2.52. The number of nitrogens with zero attached hydrogens (tertiary/aromatic N) is 2. The van der Waals surface area contributed by atoms with Crippen molar-refractivity contribution in [2.75, 3.05) is 23.4 Å². The minimum atomic E-state index is -1.86. The Bertz CT molecular complexity index is 2030. The molecule has 6 rings (SSSR count). The van der Waals surface area contributed by atoms with Crippen molar-refractivity contribution in [2.24, 2.45) is 5.92 Å². The van der Waals surface area contributed by atoms with E-state index in [1.54, 1.807) is 47.1 Å². The molecule has 0 saturated heterocycles. The molecule has 5 aromatic rings. The van der Waals surface area contributed by atoms with Crippen molar-refractivity contribution in [1.82, 2.24) is 9.88 Å². The Kier molecular flexibility index (Phi) is 10.6. The Morgan fingerprint density at radius 3 is 2.50 bits per heavy atom. The lowest BCUT2D eigenvalue weighted by Gasteiger charge is -2.28. The summed E-state index contributed by atoms with van der Waals surface area (Å²) < 4.78 is 0.726. The minimum Gasteiger partial charge on any atom is -0.395 e. The number of nitrogens with one attached hydrogen (secondary N) is 2. The molecule has 256 valence electrons. The number of rotatable bonds is 13. The van der Waals surface area contributed by atoms with Crippen LogP contribution < -0.4 is 10.2 Å². The topological polar surface area (TPSA) is 126 Å². The average Bonchev–Trinajstić information content (AvgIpc) is 3.61. The molecular weight excluding hydrogens is 696 g/mol. The SMILES string of the molecule is C[C@@H](/C=C/CC(=O)N(CCO)Cc1ccccc1)[C@]1(O)C(=O)N(Cc2ccc(NC(=O)Cc3c[nH]c4ccccc34)cc2)c2ccc(Br)cc21. The molecule has 0 bridgehead atoms. The number of fused-ring (bicyclic) bond motifs is 2. The van der Waals surface area contributed by atoms with Crippen LogP contribution in [-0.4, -0.2) is 51.0 Å². The van der Waals surface area contributed by atoms with E-state index >= 15 is 0 Å². The van der Waals surface area contributed by atoms with Crippen LogP contribution in [0.3, 0.4) is 0 Å². The van der Waals surface area contributed by atoms with Crippen LogP contribution in [0.25, 0.3) is 10.9 Å². The van der Waals surface area contributed by atoms with Crippen LogP contribution in [0.5, 0.6) is 0 Å². The summed E-state index contributed by atoms with van der Waals surface area (Å²) in [6.45, 7) is 2.40. The van der Waals surface area contributed by atoms with E-state index in [9.17, 15) is 24.6 Å². The third kappa shape index (κ3) is 7.42. The highest BCUT2D eigenvalue weighted by atomic mass is 79.9. The number of hydrogen-bond acceptors (Lipinski definition) is 5. The predicted octanol–water partition coefficient (Wildman–Crippen LogP) is 6.45. The maximum absolute atomic E-state index is 14.1. The second-order valence-electron chi connectivity index (χ2n) is 12.5. The number of aromatic nitrogens is 1. The minimum absolute atomic E-state index is 0.0567. The number of carbonyl (C=O) groups is 3. The van der Waals surface area contributed by atoms with Crippen LogP contribution in [-0.2, 0) is 39.5 Å². The van der Waals surface area contributed by atoms with Gasteiger partial charge in [0.05, 0.1) is 25.3 Å². The van der Waals surface area contributed by atoms with E-state index in [1.165, 1.54) is 0 Å². The van der Waals surface area contributed by atoms with E-state index < -0.39 is 17.4 Å². The third-order valence-electron chi connectivity index (χ3n) is 9.15. The first-order valence-electron chi connectivity index (χ1n) is 16.5. The molecule has 0 saturated carbocycles. The van der Waals surface area contributed by atoms with Crippen LogP contribution in [0, 0.1) is 5.92 Å². The molecule has 0 fully saturated rings. The van der Waals surface area contributed by atoms with Crippen molar-refractivity contribution in [1.29, 1.82) is 0 Å². The Morgan fingerprint density at radius 2 is 1.74 bits per heavy atom. The third-order valence-corrected chi connectivity index (χ3v) is 9.64. The summed E-state index contributed by atoms with van der Waals surface area (Å²) >= 11 is 3.49. The van der Waals surface area contributed by atoms with Gasteiger partial charge < -0.3 is 30.3 Å². The Labute approximate surface area is 299 Å². The number of H-pyrrole nitrogens is 1. The molecule has 4 N–H and O–H groups in total. The van der Waals surface area contributed by atoms with E-state index in [2.05, 4.69) is 26.2 Å². The van der Waals surface area contributed by atoms with Gasteiger partial charge in [0.2, 0.25) is 11.8 Å². The van der Waals surface area contributed by atoms with Gasteiger partial charge in [-0.25, -0.2) is 0 Å². The Morgan fingerprint density at radius 1 is 1.00 bits per heavy atom. The molecule has 50 heavy (non-hydrogen) atoms. The summed E-state index contributed by atoms with van der Waals surface area (Å²) in [5.41, 5.74) is 3.55. The number of carbonyl (C=O) groups excluding carboxylic acids is 3. The number of aromatic amines is 1. The number of halogens is 1. The summed E-state index contributed by atoms with van der Waals surface area (Å²) in [6, 6.07) is 30.1. The zero-order valence-corrected chi connectivity index (χ0v) is 29.3. The molecule has 9 nitrogen and oxygen atoms in total. The highest BCUT2D eigenvalue weighted by molar-refractivity contribution is 9.10. The lowest BCUT2D eigenvalue weighted by atomic mass is 9.83. The molecule has 0 spiro atoms. The average molecular weight is 736 g/mol. The van der Waals surface area contributed by atoms with Gasteiger partial charge in [-0.1, -0.05) is 95.7 Å². The van der Waals surface area contributed by atoms with Gasteiger partial charge in [0, 0.05) is 58.3 Å². The van der Waals surface area contributed by atoms with Gasteiger partial charge in [-0.15, -0.1) is 0 Å². The van der Waals surface area contributed by atoms with Gasteiger partial charge in [0.25, 0.3) is 5.91 Å². The number of aliphatic hydroxyl groups excluding tert-OH is 1. The van der Waals surface area contributed by atoms with Crippen LogP contribution in [0.15, 0.2) is 120 Å². The molecule has 10 heteroatoms. The molecule has 1 aliphatic heterocycles. The second-order valence-corrected chi connectivity index (χ2v) is 13.5. The summed E-state index contributed by atoms with van der Waals surface area (Å²) in [7, 11) is 0. The largest absolute Gasteiger partial charge is 0.395 e. The molecular formula is C40H39BrN4O5. The number of aliphatic hydroxyl groups is 2. The van der Waals surface area contributed by atoms with E-state index in [0.717, 1.165) is 32.1 Å². The van der Waals surface area contributed by atoms with Crippen LogP contribution in [0.2, 0.25) is 0 Å². The zero-order chi connectivity index (χ0) is 35.3. The summed E-state index contributed by atoms with van der Waals surface area (Å²) in [5.74, 6) is -1.42. The van der Waals surface area contributed by atoms with Gasteiger partial charge in [0.15, 0.2) is 5.60 Å². The lowest BCUT2D eigenvalue weighted by molar-refractivity contribution is -0.139. The normalized spacial score (nSPS) is 16.2. The van der Waals surface area contributed by atoms with Gasteiger partial charge >= 0.3 is 0 Å². The van der Waals surface area contributed by atoms with Crippen LogP contribution in [0.4, 0.5) is 11.4 Å². The molecule has 3 amide bonds. The molecule has 2 atom stereocenters. The number of para-hydroxylation sites is 1. The van der Waals surface area contributed by atoms with Crippen molar-refractivity contribution < 1.29 is 24.6 Å². The summed E-state index contributed by atoms with van der Waals surface area (Å²) in [6.07, 6.45) is 5.53. The predicted molar refractivity (Wildman–Crippen MR) is 198 cm³/mol. The summed E-state index contributed by atoms with van der Waals surface area (Å²) in [5, 5.41) is 25.6. The van der Waals surface area contributed by atoms with E-state index in [0.29, 0.717) is 23.5 Å². The number of anilines is 2. The van der Waals surface area contributed by atoms with Gasteiger partial charge in [-0.3, -0.25) is 14.4 Å². The van der Waals surface area contributed by atoms with Crippen molar-refractivity contribution in [3.63, 3.8) is 0 Å². The molecule has 2 heterocycles.